The summed E-state index contributed by atoms with van der Waals surface area (Å²) in [5.74, 6) is -0.864. The topological polar surface area (TPSA) is 90.8 Å². The molecule has 0 saturated heterocycles. The van der Waals surface area contributed by atoms with Crippen LogP contribution >= 0.6 is 22.9 Å². The quantitative estimate of drug-likeness (QED) is 0.464. The first-order valence-electron chi connectivity index (χ1n) is 7.61. The summed E-state index contributed by atoms with van der Waals surface area (Å²) < 4.78 is 0.902. The Kier molecular flexibility index (Phi) is 5.50. The maximum Gasteiger partial charge on any atom is 0.263 e. The van der Waals surface area contributed by atoms with Gasteiger partial charge in [-0.2, -0.15) is 5.10 Å². The van der Waals surface area contributed by atoms with E-state index >= 15 is 0 Å². The van der Waals surface area contributed by atoms with E-state index in [2.05, 4.69) is 15.8 Å². The van der Waals surface area contributed by atoms with Gasteiger partial charge in [0.05, 0.1) is 17.8 Å². The molecule has 1 heterocycles. The van der Waals surface area contributed by atoms with E-state index in [0.717, 1.165) is 10.1 Å². The van der Waals surface area contributed by atoms with E-state index < -0.39 is 11.8 Å². The molecule has 6 nitrogen and oxygen atoms in total. The Morgan fingerprint density at radius 1 is 1.15 bits per heavy atom. The van der Waals surface area contributed by atoms with Gasteiger partial charge in [0, 0.05) is 15.6 Å². The van der Waals surface area contributed by atoms with E-state index in [1.54, 1.807) is 18.2 Å². The Balaban J connectivity index is 1.56. The van der Waals surface area contributed by atoms with Crippen molar-refractivity contribution in [2.75, 3.05) is 6.54 Å². The molecule has 0 saturated carbocycles. The predicted molar refractivity (Wildman–Crippen MR) is 103 cm³/mol. The standard InChI is InChI=1S/C18H14ClN3O3S/c19-16-12-6-2-4-8-14(12)26-17(16)18(25)20-10-15(24)22-21-9-11-5-1-3-7-13(11)23/h1-9,23H,10H2,(H,20,25)(H,22,24)/b21-9+. The highest BCUT2D eigenvalue weighted by Gasteiger charge is 2.17. The number of hydrazone groups is 1. The SMILES string of the molecule is O=C(CNC(=O)c1sc2ccccc2c1Cl)N/N=C/c1ccccc1O. The molecule has 0 atom stereocenters. The number of para-hydroxylation sites is 1. The second-order valence-electron chi connectivity index (χ2n) is 5.28. The van der Waals surface area contributed by atoms with Crippen LogP contribution in [0.5, 0.6) is 5.75 Å². The van der Waals surface area contributed by atoms with Crippen molar-refractivity contribution in [3.05, 3.63) is 64.0 Å². The third-order valence-corrected chi connectivity index (χ3v) is 5.15. The lowest BCUT2D eigenvalue weighted by molar-refractivity contribution is -0.120. The molecule has 26 heavy (non-hydrogen) atoms. The van der Waals surface area contributed by atoms with Crippen molar-refractivity contribution in [2.45, 2.75) is 0 Å². The predicted octanol–water partition coefficient (Wildman–Crippen LogP) is 3.14. The first-order chi connectivity index (χ1) is 12.6. The van der Waals surface area contributed by atoms with Crippen LogP contribution in [0, 0.1) is 0 Å². The average Bonchev–Trinajstić information content (AvgIpc) is 2.98. The van der Waals surface area contributed by atoms with Crippen molar-refractivity contribution in [1.29, 1.82) is 0 Å². The van der Waals surface area contributed by atoms with Gasteiger partial charge in [-0.1, -0.05) is 41.9 Å². The molecular weight excluding hydrogens is 374 g/mol. The first-order valence-corrected chi connectivity index (χ1v) is 8.81. The minimum absolute atomic E-state index is 0.0539. The number of thiophene rings is 1. The molecule has 3 N–H and O–H groups in total. The minimum atomic E-state index is -0.498. The maximum atomic E-state index is 12.2. The minimum Gasteiger partial charge on any atom is -0.507 e. The zero-order valence-electron chi connectivity index (χ0n) is 13.4. The van der Waals surface area contributed by atoms with Gasteiger partial charge in [-0.15, -0.1) is 11.3 Å². The van der Waals surface area contributed by atoms with Crippen LogP contribution < -0.4 is 10.7 Å². The number of rotatable bonds is 5. The molecule has 0 unspecified atom stereocenters. The highest BCUT2D eigenvalue weighted by atomic mass is 35.5. The van der Waals surface area contributed by atoms with Gasteiger partial charge in [0.2, 0.25) is 0 Å². The van der Waals surface area contributed by atoms with E-state index in [9.17, 15) is 14.7 Å². The Morgan fingerprint density at radius 3 is 2.65 bits per heavy atom. The smallest absolute Gasteiger partial charge is 0.263 e. The molecule has 3 rings (SSSR count). The maximum absolute atomic E-state index is 12.2. The molecule has 0 aliphatic heterocycles. The van der Waals surface area contributed by atoms with Crippen molar-refractivity contribution in [3.63, 3.8) is 0 Å². The van der Waals surface area contributed by atoms with Crippen molar-refractivity contribution in [3.8, 4) is 5.75 Å². The summed E-state index contributed by atoms with van der Waals surface area (Å²) >= 11 is 7.50. The monoisotopic (exact) mass is 387 g/mol. The number of nitrogens with zero attached hydrogens (tertiary/aromatic N) is 1. The van der Waals surface area contributed by atoms with Crippen LogP contribution in [0.1, 0.15) is 15.2 Å². The number of hydrogen-bond donors (Lipinski definition) is 3. The highest BCUT2D eigenvalue weighted by molar-refractivity contribution is 7.21. The molecular formula is C18H14ClN3O3S. The Labute approximate surface area is 158 Å². The zero-order valence-corrected chi connectivity index (χ0v) is 15.0. The van der Waals surface area contributed by atoms with Gasteiger partial charge in [-0.3, -0.25) is 9.59 Å². The second-order valence-corrected chi connectivity index (χ2v) is 6.71. The number of benzene rings is 2. The van der Waals surface area contributed by atoms with E-state index in [-0.39, 0.29) is 12.3 Å². The number of aromatic hydroxyl groups is 1. The molecule has 0 bridgehead atoms. The largest absolute Gasteiger partial charge is 0.507 e. The van der Waals surface area contributed by atoms with E-state index in [1.165, 1.54) is 23.6 Å². The number of carbonyl (C=O) groups excluding carboxylic acids is 2. The molecule has 3 aromatic rings. The Morgan fingerprint density at radius 2 is 1.88 bits per heavy atom. The molecule has 0 spiro atoms. The van der Waals surface area contributed by atoms with Crippen molar-refractivity contribution in [1.82, 2.24) is 10.7 Å². The summed E-state index contributed by atoms with van der Waals surface area (Å²) in [6.45, 7) is -0.248. The molecule has 1 aromatic heterocycles. The van der Waals surface area contributed by atoms with Crippen LogP contribution in [0.25, 0.3) is 10.1 Å². The summed E-state index contributed by atoms with van der Waals surface area (Å²) in [4.78, 5) is 24.4. The van der Waals surface area contributed by atoms with Gasteiger partial charge in [0.25, 0.3) is 11.8 Å². The number of amides is 2. The summed E-state index contributed by atoms with van der Waals surface area (Å²) in [6, 6.07) is 14.0. The number of nitrogens with one attached hydrogen (secondary N) is 2. The summed E-state index contributed by atoms with van der Waals surface area (Å²) in [5.41, 5.74) is 2.75. The molecule has 0 radical (unpaired) electrons. The zero-order chi connectivity index (χ0) is 18.5. The van der Waals surface area contributed by atoms with Crippen LogP contribution in [0.3, 0.4) is 0 Å². The lowest BCUT2D eigenvalue weighted by Gasteiger charge is -2.03. The van der Waals surface area contributed by atoms with E-state index in [4.69, 9.17) is 11.6 Å². The number of hydrogen-bond acceptors (Lipinski definition) is 5. The van der Waals surface area contributed by atoms with Crippen LogP contribution in [0.4, 0.5) is 0 Å². The molecule has 0 aliphatic rings. The van der Waals surface area contributed by atoms with E-state index in [1.807, 2.05) is 24.3 Å². The van der Waals surface area contributed by atoms with Crippen LogP contribution in [0.15, 0.2) is 53.6 Å². The van der Waals surface area contributed by atoms with E-state index in [0.29, 0.717) is 15.5 Å². The van der Waals surface area contributed by atoms with Crippen LogP contribution in [-0.2, 0) is 4.79 Å². The first kappa shape index (κ1) is 17.9. The van der Waals surface area contributed by atoms with Gasteiger partial charge in [0.15, 0.2) is 0 Å². The fraction of sp³-hybridized carbons (Fsp3) is 0.0556. The summed E-state index contributed by atoms with van der Waals surface area (Å²) in [5, 5.41) is 17.0. The average molecular weight is 388 g/mol. The normalized spacial score (nSPS) is 11.0. The van der Waals surface area contributed by atoms with Crippen molar-refractivity contribution in [2.24, 2.45) is 5.10 Å². The third kappa shape index (κ3) is 4.01. The van der Waals surface area contributed by atoms with Crippen LogP contribution in [-0.4, -0.2) is 29.7 Å². The number of phenolic OH excluding ortho intramolecular Hbond substituents is 1. The van der Waals surface area contributed by atoms with Gasteiger partial charge >= 0.3 is 0 Å². The Bertz CT molecular complexity index is 1000. The van der Waals surface area contributed by atoms with Gasteiger partial charge in [-0.25, -0.2) is 5.43 Å². The highest BCUT2D eigenvalue weighted by Crippen LogP contribution is 2.34. The number of phenols is 1. The molecule has 0 aliphatic carbocycles. The van der Waals surface area contributed by atoms with Gasteiger partial charge < -0.3 is 10.4 Å². The summed E-state index contributed by atoms with van der Waals surface area (Å²) in [7, 11) is 0. The fourth-order valence-electron chi connectivity index (χ4n) is 2.21. The number of carbonyl (C=O) groups is 2. The fourth-order valence-corrected chi connectivity index (χ4v) is 3.64. The lowest BCUT2D eigenvalue weighted by Crippen LogP contribution is -2.34. The second kappa shape index (κ2) is 7.99. The summed E-state index contributed by atoms with van der Waals surface area (Å²) in [6.07, 6.45) is 1.32. The Hall–Kier alpha value is -2.90. The van der Waals surface area contributed by atoms with Crippen molar-refractivity contribution < 1.29 is 14.7 Å². The number of fused-ring (bicyclic) bond motifs is 1. The van der Waals surface area contributed by atoms with Gasteiger partial charge in [0.1, 0.15) is 10.6 Å². The molecule has 2 aromatic carbocycles. The lowest BCUT2D eigenvalue weighted by atomic mass is 10.2. The third-order valence-electron chi connectivity index (χ3n) is 3.48. The molecule has 8 heteroatoms. The molecule has 2 amide bonds. The molecule has 132 valence electrons. The van der Waals surface area contributed by atoms with Gasteiger partial charge in [-0.05, 0) is 18.2 Å². The van der Waals surface area contributed by atoms with Crippen molar-refractivity contribution >= 4 is 51.1 Å². The van der Waals surface area contributed by atoms with Crippen LogP contribution in [0.2, 0.25) is 5.02 Å². The number of halogens is 1. The molecule has 0 fully saturated rings.